The summed E-state index contributed by atoms with van der Waals surface area (Å²) in [7, 11) is 0. The minimum Gasteiger partial charge on any atom is -0.449 e. The van der Waals surface area contributed by atoms with Crippen molar-refractivity contribution in [3.63, 3.8) is 0 Å². The van der Waals surface area contributed by atoms with E-state index in [0.29, 0.717) is 18.1 Å². The number of carbonyl (C=O) groups is 1. The van der Waals surface area contributed by atoms with Gasteiger partial charge in [0.2, 0.25) is 0 Å². The predicted octanol–water partition coefficient (Wildman–Crippen LogP) is 3.56. The molecule has 0 radical (unpaired) electrons. The van der Waals surface area contributed by atoms with Crippen LogP contribution in [0.1, 0.15) is 25.3 Å². The molecule has 0 saturated carbocycles. The molecule has 5 heteroatoms. The highest BCUT2D eigenvalue weighted by atomic mass is 35.5. The van der Waals surface area contributed by atoms with Crippen molar-refractivity contribution in [2.75, 3.05) is 6.61 Å². The van der Waals surface area contributed by atoms with Crippen molar-refractivity contribution in [1.82, 2.24) is 9.55 Å². The summed E-state index contributed by atoms with van der Waals surface area (Å²) in [6, 6.07) is 3.72. The van der Waals surface area contributed by atoms with Crippen molar-refractivity contribution >= 4 is 28.7 Å². The lowest BCUT2D eigenvalue weighted by Crippen LogP contribution is -2.13. The van der Waals surface area contributed by atoms with Gasteiger partial charge in [-0.05, 0) is 24.1 Å². The number of hydrogen-bond donors (Lipinski definition) is 0. The normalized spacial score (nSPS) is 10.8. The van der Waals surface area contributed by atoms with E-state index in [-0.39, 0.29) is 0 Å². The van der Waals surface area contributed by atoms with E-state index in [1.165, 1.54) is 4.57 Å². The third-order valence-electron chi connectivity index (χ3n) is 2.71. The van der Waals surface area contributed by atoms with Crippen molar-refractivity contribution < 1.29 is 9.53 Å². The molecule has 0 saturated heterocycles. The Hall–Kier alpha value is -1.55. The smallest absolute Gasteiger partial charge is 0.419 e. The summed E-state index contributed by atoms with van der Waals surface area (Å²) < 4.78 is 6.59. The van der Waals surface area contributed by atoms with Crippen LogP contribution in [-0.4, -0.2) is 22.3 Å². The zero-order chi connectivity index (χ0) is 13.0. The van der Waals surface area contributed by atoms with Gasteiger partial charge in [0.05, 0.1) is 6.61 Å². The van der Waals surface area contributed by atoms with Crippen molar-refractivity contribution in [2.24, 2.45) is 0 Å². The van der Waals surface area contributed by atoms with Crippen LogP contribution in [0.5, 0.6) is 0 Å². The van der Waals surface area contributed by atoms with Gasteiger partial charge in [0.1, 0.15) is 5.65 Å². The first-order valence-electron chi connectivity index (χ1n) is 5.96. The summed E-state index contributed by atoms with van der Waals surface area (Å²) in [6.07, 6.45) is 4.80. The lowest BCUT2D eigenvalue weighted by Gasteiger charge is -2.04. The molecule has 0 aromatic carbocycles. The molecule has 0 spiro atoms. The highest BCUT2D eigenvalue weighted by Crippen LogP contribution is 2.21. The Kier molecular flexibility index (Phi) is 4.20. The first kappa shape index (κ1) is 12.9. The number of alkyl halides is 1. The van der Waals surface area contributed by atoms with Gasteiger partial charge in [0.15, 0.2) is 0 Å². The molecule has 0 N–H and O–H groups in total. The summed E-state index contributed by atoms with van der Waals surface area (Å²) in [5.41, 5.74) is 1.47. The number of ether oxygens (including phenoxy) is 1. The van der Waals surface area contributed by atoms with Crippen LogP contribution < -0.4 is 0 Å². The molecule has 18 heavy (non-hydrogen) atoms. The lowest BCUT2D eigenvalue weighted by molar-refractivity contribution is 0.147. The topological polar surface area (TPSA) is 44.1 Å². The second-order valence-corrected chi connectivity index (χ2v) is 4.27. The molecule has 0 aliphatic rings. The number of rotatable bonds is 4. The third-order valence-corrected chi connectivity index (χ3v) is 3.00. The van der Waals surface area contributed by atoms with Gasteiger partial charge in [0, 0.05) is 23.7 Å². The molecular weight excluding hydrogens is 252 g/mol. The molecule has 2 aromatic heterocycles. The van der Waals surface area contributed by atoms with E-state index in [2.05, 4.69) is 4.98 Å². The summed E-state index contributed by atoms with van der Waals surface area (Å²) in [6.45, 7) is 2.48. The predicted molar refractivity (Wildman–Crippen MR) is 70.9 cm³/mol. The van der Waals surface area contributed by atoms with Crippen LogP contribution in [0.2, 0.25) is 0 Å². The SMILES string of the molecule is CCCCOC(=O)n1cc(CCl)c2cccnc21. The minimum absolute atomic E-state index is 0.345. The van der Waals surface area contributed by atoms with Crippen molar-refractivity contribution in [2.45, 2.75) is 25.6 Å². The summed E-state index contributed by atoms with van der Waals surface area (Å²) in [5, 5.41) is 0.889. The van der Waals surface area contributed by atoms with Crippen LogP contribution >= 0.6 is 11.6 Å². The molecule has 0 bridgehead atoms. The number of pyridine rings is 1. The van der Waals surface area contributed by atoms with Crippen molar-refractivity contribution in [3.8, 4) is 0 Å². The average Bonchev–Trinajstić information content (AvgIpc) is 2.78. The summed E-state index contributed by atoms with van der Waals surface area (Å²) >= 11 is 5.86. The van der Waals surface area contributed by atoms with Crippen LogP contribution in [-0.2, 0) is 10.6 Å². The van der Waals surface area contributed by atoms with E-state index < -0.39 is 6.09 Å². The van der Waals surface area contributed by atoms with Crippen LogP contribution in [0.25, 0.3) is 11.0 Å². The van der Waals surface area contributed by atoms with E-state index in [1.807, 2.05) is 19.1 Å². The maximum Gasteiger partial charge on any atom is 0.419 e. The van der Waals surface area contributed by atoms with Crippen LogP contribution in [0.15, 0.2) is 24.5 Å². The standard InChI is InChI=1S/C13H15ClN2O2/c1-2-3-7-18-13(17)16-9-10(8-14)11-5-4-6-15-12(11)16/h4-6,9H,2-3,7-8H2,1H3. The molecule has 0 aliphatic heterocycles. The van der Waals surface area contributed by atoms with Gasteiger partial charge in [0.25, 0.3) is 0 Å². The molecule has 0 aliphatic carbocycles. The van der Waals surface area contributed by atoms with Crippen molar-refractivity contribution in [3.05, 3.63) is 30.1 Å². The summed E-state index contributed by atoms with van der Waals surface area (Å²) in [4.78, 5) is 16.1. The molecule has 0 fully saturated rings. The van der Waals surface area contributed by atoms with E-state index in [0.717, 1.165) is 23.8 Å². The third kappa shape index (κ3) is 2.48. The molecule has 2 rings (SSSR count). The fraction of sp³-hybridized carbons (Fsp3) is 0.385. The summed E-state index contributed by atoms with van der Waals surface area (Å²) in [5.74, 6) is 0.345. The lowest BCUT2D eigenvalue weighted by atomic mass is 10.2. The zero-order valence-electron chi connectivity index (χ0n) is 10.2. The Morgan fingerprint density at radius 1 is 1.56 bits per heavy atom. The van der Waals surface area contributed by atoms with E-state index in [9.17, 15) is 4.79 Å². The van der Waals surface area contributed by atoms with Gasteiger partial charge in [-0.3, -0.25) is 0 Å². The van der Waals surface area contributed by atoms with E-state index in [4.69, 9.17) is 16.3 Å². The highest BCUT2D eigenvalue weighted by Gasteiger charge is 2.14. The Labute approximate surface area is 111 Å². The Morgan fingerprint density at radius 2 is 2.39 bits per heavy atom. The van der Waals surface area contributed by atoms with Crippen LogP contribution in [0, 0.1) is 0 Å². The first-order valence-corrected chi connectivity index (χ1v) is 6.49. The van der Waals surface area contributed by atoms with Gasteiger partial charge in [-0.25, -0.2) is 14.3 Å². The average molecular weight is 267 g/mol. The van der Waals surface area contributed by atoms with Crippen LogP contribution in [0.4, 0.5) is 4.79 Å². The molecule has 0 unspecified atom stereocenters. The minimum atomic E-state index is -0.400. The highest BCUT2D eigenvalue weighted by molar-refractivity contribution is 6.18. The second kappa shape index (κ2) is 5.87. The van der Waals surface area contributed by atoms with Crippen LogP contribution in [0.3, 0.4) is 0 Å². The second-order valence-electron chi connectivity index (χ2n) is 4.00. The van der Waals surface area contributed by atoms with Gasteiger partial charge >= 0.3 is 6.09 Å². The number of unbranched alkanes of at least 4 members (excludes halogenated alkanes) is 1. The molecule has 2 heterocycles. The van der Waals surface area contributed by atoms with Gasteiger partial charge in [-0.1, -0.05) is 13.3 Å². The maximum absolute atomic E-state index is 11.9. The number of fused-ring (bicyclic) bond motifs is 1. The monoisotopic (exact) mass is 266 g/mol. The Balaban J connectivity index is 2.30. The molecule has 0 amide bonds. The fourth-order valence-electron chi connectivity index (χ4n) is 1.75. The molecular formula is C13H15ClN2O2. The zero-order valence-corrected chi connectivity index (χ0v) is 11.0. The number of halogens is 1. The Bertz CT molecular complexity index is 551. The van der Waals surface area contributed by atoms with Gasteiger partial charge in [-0.2, -0.15) is 0 Å². The molecule has 0 atom stereocenters. The molecule has 2 aromatic rings. The van der Waals surface area contributed by atoms with Gasteiger partial charge in [-0.15, -0.1) is 11.6 Å². The fourth-order valence-corrected chi connectivity index (χ4v) is 1.96. The number of aromatic nitrogens is 2. The first-order chi connectivity index (χ1) is 8.77. The van der Waals surface area contributed by atoms with Gasteiger partial charge < -0.3 is 4.74 Å². The largest absolute Gasteiger partial charge is 0.449 e. The molecule has 4 nitrogen and oxygen atoms in total. The maximum atomic E-state index is 11.9. The molecule has 96 valence electrons. The van der Waals surface area contributed by atoms with E-state index in [1.54, 1.807) is 12.4 Å². The number of carbonyl (C=O) groups excluding carboxylic acids is 1. The van der Waals surface area contributed by atoms with Crippen molar-refractivity contribution in [1.29, 1.82) is 0 Å². The Morgan fingerprint density at radius 3 is 3.11 bits per heavy atom. The number of nitrogens with zero attached hydrogens (tertiary/aromatic N) is 2. The quantitative estimate of drug-likeness (QED) is 0.628. The number of hydrogen-bond acceptors (Lipinski definition) is 3. The van der Waals surface area contributed by atoms with E-state index >= 15 is 0 Å².